The standard InChI is InChI=1S/C32H61N3O9/c1-29(2)31(36)9-12-37-14-16-39-18-20-41-22-24-43-26-27-44-25-23-42-21-19-40-17-15-38-13-11-35-28-30(33-34-35)8-6-7-10-32(3,4)5/h28-29H,6-27H2,1-5H3. The number of carbonyl (C=O) groups excluding carboxylic acids is 1. The second-order valence-corrected chi connectivity index (χ2v) is 12.0. The molecular formula is C32H61N3O9. The van der Waals surface area contributed by atoms with E-state index in [2.05, 4.69) is 31.1 Å². The Hall–Kier alpha value is -1.51. The number of carbonyl (C=O) groups is 1. The Morgan fingerprint density at radius 2 is 1.07 bits per heavy atom. The van der Waals surface area contributed by atoms with Gasteiger partial charge in [0.05, 0.1) is 118 Å². The van der Waals surface area contributed by atoms with Gasteiger partial charge >= 0.3 is 0 Å². The number of rotatable bonds is 32. The quantitative estimate of drug-likeness (QED) is 0.108. The van der Waals surface area contributed by atoms with Crippen molar-refractivity contribution in [2.24, 2.45) is 11.3 Å². The van der Waals surface area contributed by atoms with E-state index in [0.29, 0.717) is 124 Å². The van der Waals surface area contributed by atoms with E-state index in [1.54, 1.807) is 0 Å². The Morgan fingerprint density at radius 3 is 1.48 bits per heavy atom. The summed E-state index contributed by atoms with van der Waals surface area (Å²) in [6.45, 7) is 19.5. The molecular weight excluding hydrogens is 570 g/mol. The maximum absolute atomic E-state index is 11.5. The zero-order valence-corrected chi connectivity index (χ0v) is 28.2. The van der Waals surface area contributed by atoms with Crippen molar-refractivity contribution in [3.8, 4) is 0 Å². The summed E-state index contributed by atoms with van der Waals surface area (Å²) in [6.07, 6.45) is 7.04. The van der Waals surface area contributed by atoms with Crippen molar-refractivity contribution < 1.29 is 42.7 Å². The summed E-state index contributed by atoms with van der Waals surface area (Å²) in [7, 11) is 0. The zero-order chi connectivity index (χ0) is 32.1. The predicted octanol–water partition coefficient (Wildman–Crippen LogP) is 3.79. The van der Waals surface area contributed by atoms with Crippen LogP contribution in [0.4, 0.5) is 0 Å². The van der Waals surface area contributed by atoms with Crippen molar-refractivity contribution in [3.05, 3.63) is 11.9 Å². The fraction of sp³-hybridized carbons (Fsp3) is 0.906. The number of unbranched alkanes of at least 4 members (excludes halogenated alkanes) is 1. The lowest BCUT2D eigenvalue weighted by atomic mass is 9.89. The maximum atomic E-state index is 11.5. The Labute approximate surface area is 265 Å². The molecule has 0 atom stereocenters. The smallest absolute Gasteiger partial charge is 0.137 e. The van der Waals surface area contributed by atoms with Crippen LogP contribution in [0.1, 0.15) is 66.0 Å². The van der Waals surface area contributed by atoms with Crippen LogP contribution in [0.2, 0.25) is 0 Å². The van der Waals surface area contributed by atoms with Gasteiger partial charge in [0.25, 0.3) is 0 Å². The largest absolute Gasteiger partial charge is 0.379 e. The topological polar surface area (TPSA) is 122 Å². The first-order valence-electron chi connectivity index (χ1n) is 16.3. The van der Waals surface area contributed by atoms with E-state index in [0.717, 1.165) is 18.5 Å². The Morgan fingerprint density at radius 1 is 0.659 bits per heavy atom. The lowest BCUT2D eigenvalue weighted by molar-refractivity contribution is -0.123. The molecule has 12 heteroatoms. The molecule has 258 valence electrons. The van der Waals surface area contributed by atoms with E-state index in [9.17, 15) is 4.79 Å². The molecule has 0 unspecified atom stereocenters. The van der Waals surface area contributed by atoms with Gasteiger partial charge in [0.1, 0.15) is 5.78 Å². The molecule has 12 nitrogen and oxygen atoms in total. The SMILES string of the molecule is CC(C)C(=O)CCOCCOCCOCCOCCOCCOCCOCCOCCn1cc(CCCCC(C)(C)C)nn1. The first kappa shape index (κ1) is 40.5. The highest BCUT2D eigenvalue weighted by Gasteiger charge is 2.10. The highest BCUT2D eigenvalue weighted by Crippen LogP contribution is 2.22. The van der Waals surface area contributed by atoms with Gasteiger partial charge in [0, 0.05) is 18.5 Å². The first-order chi connectivity index (χ1) is 21.3. The molecule has 0 amide bonds. The monoisotopic (exact) mass is 631 g/mol. The van der Waals surface area contributed by atoms with Gasteiger partial charge < -0.3 is 37.9 Å². The molecule has 0 fully saturated rings. The van der Waals surface area contributed by atoms with Crippen LogP contribution in [0.5, 0.6) is 0 Å². The molecule has 0 aliphatic heterocycles. The Balaban J connectivity index is 1.72. The molecule has 0 bridgehead atoms. The van der Waals surface area contributed by atoms with Crippen LogP contribution >= 0.6 is 0 Å². The molecule has 1 heterocycles. The number of Topliss-reactive ketones (excluding diaryl/α,β-unsaturated/α-hetero) is 1. The second kappa shape index (κ2) is 27.8. The number of hydrogen-bond acceptors (Lipinski definition) is 11. The van der Waals surface area contributed by atoms with Crippen molar-refractivity contribution >= 4 is 5.78 Å². The van der Waals surface area contributed by atoms with Gasteiger partial charge in [-0.1, -0.05) is 46.3 Å². The van der Waals surface area contributed by atoms with Gasteiger partial charge in [-0.25, -0.2) is 4.68 Å². The number of aromatic nitrogens is 3. The number of aryl methyl sites for hydroxylation is 1. The zero-order valence-electron chi connectivity index (χ0n) is 28.2. The summed E-state index contributed by atoms with van der Waals surface area (Å²) >= 11 is 0. The fourth-order valence-corrected chi connectivity index (χ4v) is 3.78. The predicted molar refractivity (Wildman–Crippen MR) is 168 cm³/mol. The lowest BCUT2D eigenvalue weighted by Crippen LogP contribution is -2.15. The van der Waals surface area contributed by atoms with E-state index in [1.165, 1.54) is 12.8 Å². The molecule has 1 aromatic rings. The van der Waals surface area contributed by atoms with E-state index in [1.807, 2.05) is 24.7 Å². The van der Waals surface area contributed by atoms with Gasteiger partial charge in [-0.05, 0) is 24.7 Å². The van der Waals surface area contributed by atoms with E-state index < -0.39 is 0 Å². The lowest BCUT2D eigenvalue weighted by Gasteiger charge is -2.17. The number of hydrogen-bond donors (Lipinski definition) is 0. The summed E-state index contributed by atoms with van der Waals surface area (Å²) in [5.74, 6) is 0.285. The number of ketones is 1. The van der Waals surface area contributed by atoms with E-state index in [-0.39, 0.29) is 11.7 Å². The molecule has 0 radical (unpaired) electrons. The first-order valence-corrected chi connectivity index (χ1v) is 16.3. The highest BCUT2D eigenvalue weighted by atomic mass is 16.6. The van der Waals surface area contributed by atoms with E-state index >= 15 is 0 Å². The molecule has 0 aliphatic carbocycles. The molecule has 0 aromatic carbocycles. The van der Waals surface area contributed by atoms with Gasteiger partial charge in [-0.15, -0.1) is 5.10 Å². The molecule has 0 N–H and O–H groups in total. The van der Waals surface area contributed by atoms with Crippen LogP contribution in [0, 0.1) is 11.3 Å². The van der Waals surface area contributed by atoms with Crippen LogP contribution in [0.25, 0.3) is 0 Å². The maximum Gasteiger partial charge on any atom is 0.137 e. The fourth-order valence-electron chi connectivity index (χ4n) is 3.78. The van der Waals surface area contributed by atoms with Crippen molar-refractivity contribution in [1.82, 2.24) is 15.0 Å². The minimum absolute atomic E-state index is 0.0630. The van der Waals surface area contributed by atoms with Gasteiger partial charge in [-0.3, -0.25) is 4.79 Å². The summed E-state index contributed by atoms with van der Waals surface area (Å²) in [6, 6.07) is 0. The molecule has 1 rings (SSSR count). The van der Waals surface area contributed by atoms with E-state index in [4.69, 9.17) is 37.9 Å². The van der Waals surface area contributed by atoms with Crippen LogP contribution in [-0.4, -0.2) is 126 Å². The summed E-state index contributed by atoms with van der Waals surface area (Å²) in [4.78, 5) is 11.5. The molecule has 44 heavy (non-hydrogen) atoms. The second-order valence-electron chi connectivity index (χ2n) is 12.0. The van der Waals surface area contributed by atoms with Crippen LogP contribution < -0.4 is 0 Å². The summed E-state index contributed by atoms with van der Waals surface area (Å²) in [5.41, 5.74) is 1.44. The Kier molecular flexibility index (Phi) is 25.6. The highest BCUT2D eigenvalue weighted by molar-refractivity contribution is 5.80. The van der Waals surface area contributed by atoms with Crippen molar-refractivity contribution in [1.29, 1.82) is 0 Å². The van der Waals surface area contributed by atoms with Gasteiger partial charge in [0.15, 0.2) is 0 Å². The third kappa shape index (κ3) is 26.9. The van der Waals surface area contributed by atoms with Crippen LogP contribution in [0.3, 0.4) is 0 Å². The molecule has 1 aromatic heterocycles. The minimum Gasteiger partial charge on any atom is -0.379 e. The molecule has 0 saturated heterocycles. The van der Waals surface area contributed by atoms with Crippen molar-refractivity contribution in [3.63, 3.8) is 0 Å². The average Bonchev–Trinajstić information content (AvgIpc) is 3.44. The minimum atomic E-state index is 0.0630. The number of nitrogens with zero attached hydrogens (tertiary/aromatic N) is 3. The summed E-state index contributed by atoms with van der Waals surface area (Å²) < 4.78 is 45.7. The third-order valence-corrected chi connectivity index (χ3v) is 6.40. The van der Waals surface area contributed by atoms with Crippen molar-refractivity contribution in [2.75, 3.05) is 106 Å². The normalized spacial score (nSPS) is 12.0. The molecule has 0 spiro atoms. The van der Waals surface area contributed by atoms with Crippen molar-refractivity contribution in [2.45, 2.75) is 73.3 Å². The van der Waals surface area contributed by atoms with Gasteiger partial charge in [-0.2, -0.15) is 0 Å². The Bertz CT molecular complexity index is 787. The third-order valence-electron chi connectivity index (χ3n) is 6.40. The molecule has 0 aliphatic rings. The van der Waals surface area contributed by atoms with Gasteiger partial charge in [0.2, 0.25) is 0 Å². The summed E-state index contributed by atoms with van der Waals surface area (Å²) in [5, 5.41) is 8.44. The van der Waals surface area contributed by atoms with Crippen LogP contribution in [0.15, 0.2) is 6.20 Å². The number of ether oxygens (including phenoxy) is 8. The molecule has 0 saturated carbocycles. The van der Waals surface area contributed by atoms with Crippen LogP contribution in [-0.2, 0) is 55.7 Å². The average molecular weight is 632 g/mol.